The monoisotopic (exact) mass is 315 g/mol. The fourth-order valence-electron chi connectivity index (χ4n) is 2.59. The average Bonchev–Trinajstić information content (AvgIpc) is 2.30. The van der Waals surface area contributed by atoms with Crippen LogP contribution < -0.4 is 5.32 Å². The molecule has 3 atom stereocenters. The van der Waals surface area contributed by atoms with E-state index in [2.05, 4.69) is 35.1 Å². The molecule has 2 rings (SSSR count). The first kappa shape index (κ1) is 13.2. The summed E-state index contributed by atoms with van der Waals surface area (Å²) < 4.78 is 1.09. The number of anilines is 1. The lowest BCUT2D eigenvalue weighted by Gasteiger charge is -2.35. The number of hydrogen-bond acceptors (Lipinski definition) is 1. The molecule has 1 N–H and O–H groups in total. The van der Waals surface area contributed by atoms with Crippen LogP contribution in [-0.2, 0) is 0 Å². The minimum atomic E-state index is 0.563. The van der Waals surface area contributed by atoms with Crippen LogP contribution in [0.1, 0.15) is 33.1 Å². The van der Waals surface area contributed by atoms with E-state index < -0.39 is 0 Å². The van der Waals surface area contributed by atoms with Gasteiger partial charge in [0.1, 0.15) is 0 Å². The van der Waals surface area contributed by atoms with Crippen LogP contribution in [0.5, 0.6) is 0 Å². The first-order valence-electron chi connectivity index (χ1n) is 6.29. The third kappa shape index (κ3) is 3.17. The van der Waals surface area contributed by atoms with Gasteiger partial charge < -0.3 is 5.32 Å². The highest BCUT2D eigenvalue weighted by atomic mass is 79.9. The van der Waals surface area contributed by atoms with Gasteiger partial charge in [-0.05, 0) is 52.4 Å². The Morgan fingerprint density at radius 3 is 2.82 bits per heavy atom. The lowest BCUT2D eigenvalue weighted by Crippen LogP contribution is -2.35. The Morgan fingerprint density at radius 2 is 2.06 bits per heavy atom. The maximum absolute atomic E-state index is 6.04. The van der Waals surface area contributed by atoms with Crippen molar-refractivity contribution in [3.63, 3.8) is 0 Å². The van der Waals surface area contributed by atoms with Gasteiger partial charge in [-0.3, -0.25) is 0 Å². The molecule has 0 aliphatic heterocycles. The highest BCUT2D eigenvalue weighted by molar-refractivity contribution is 9.10. The van der Waals surface area contributed by atoms with E-state index in [4.69, 9.17) is 11.6 Å². The third-order valence-corrected chi connectivity index (χ3v) is 4.90. The van der Waals surface area contributed by atoms with E-state index in [9.17, 15) is 0 Å². The Morgan fingerprint density at radius 1 is 1.29 bits per heavy atom. The molecule has 1 fully saturated rings. The van der Waals surface area contributed by atoms with Crippen molar-refractivity contribution >= 4 is 33.2 Å². The maximum Gasteiger partial charge on any atom is 0.0501 e. The van der Waals surface area contributed by atoms with Crippen molar-refractivity contribution in [2.24, 2.45) is 11.8 Å². The normalized spacial score (nSPS) is 29.1. The lowest BCUT2D eigenvalue weighted by atomic mass is 9.78. The fraction of sp³-hybridized carbons (Fsp3) is 0.571. The predicted molar refractivity (Wildman–Crippen MR) is 78.7 cm³/mol. The Kier molecular flexibility index (Phi) is 4.37. The number of benzene rings is 1. The van der Waals surface area contributed by atoms with Crippen LogP contribution in [0.3, 0.4) is 0 Å². The van der Waals surface area contributed by atoms with Gasteiger partial charge in [0.05, 0.1) is 5.69 Å². The van der Waals surface area contributed by atoms with Crippen molar-refractivity contribution in [2.75, 3.05) is 5.32 Å². The second kappa shape index (κ2) is 5.62. The minimum absolute atomic E-state index is 0.563. The topological polar surface area (TPSA) is 12.0 Å². The van der Waals surface area contributed by atoms with Gasteiger partial charge in [0.15, 0.2) is 0 Å². The molecule has 1 saturated carbocycles. The number of halogens is 2. The Labute approximate surface area is 117 Å². The molecule has 1 aliphatic carbocycles. The zero-order chi connectivity index (χ0) is 12.4. The van der Waals surface area contributed by atoms with Crippen molar-refractivity contribution in [2.45, 2.75) is 39.2 Å². The van der Waals surface area contributed by atoms with Gasteiger partial charge in [0.25, 0.3) is 0 Å². The summed E-state index contributed by atoms with van der Waals surface area (Å²) in [6, 6.07) is 6.47. The second-order valence-electron chi connectivity index (χ2n) is 5.14. The third-order valence-electron chi connectivity index (χ3n) is 3.98. The van der Waals surface area contributed by atoms with Crippen molar-refractivity contribution in [1.82, 2.24) is 0 Å². The number of rotatable bonds is 2. The largest absolute Gasteiger partial charge is 0.381 e. The average molecular weight is 317 g/mol. The van der Waals surface area contributed by atoms with Gasteiger partial charge >= 0.3 is 0 Å². The molecule has 0 spiro atoms. The predicted octanol–water partition coefficient (Wildman–Crippen LogP) is 5.34. The molecule has 0 saturated heterocycles. The molecule has 1 nitrogen and oxygen atoms in total. The minimum Gasteiger partial charge on any atom is -0.381 e. The zero-order valence-electron chi connectivity index (χ0n) is 10.3. The molecule has 0 amide bonds. The van der Waals surface area contributed by atoms with E-state index in [1.807, 2.05) is 18.2 Å². The molecule has 1 aromatic rings. The van der Waals surface area contributed by atoms with E-state index >= 15 is 0 Å². The summed E-state index contributed by atoms with van der Waals surface area (Å²) in [6.07, 6.45) is 3.93. The van der Waals surface area contributed by atoms with Crippen LogP contribution in [0.15, 0.2) is 22.7 Å². The lowest BCUT2D eigenvalue weighted by molar-refractivity contribution is 0.253. The van der Waals surface area contributed by atoms with Crippen molar-refractivity contribution < 1.29 is 0 Å². The van der Waals surface area contributed by atoms with Gasteiger partial charge in [-0.15, -0.1) is 0 Å². The standard InChI is InChI=1S/C14H19BrClN/c1-9-4-3-5-13(10(9)2)17-14-8-11(16)6-7-12(14)15/h6-10,13,17H,3-5H2,1-2H3. The number of hydrogen-bond donors (Lipinski definition) is 1. The summed E-state index contributed by atoms with van der Waals surface area (Å²) in [4.78, 5) is 0. The van der Waals surface area contributed by atoms with Crippen LogP contribution in [0.2, 0.25) is 5.02 Å². The van der Waals surface area contributed by atoms with E-state index in [1.54, 1.807) is 0 Å². The molecule has 94 valence electrons. The highest BCUT2D eigenvalue weighted by Gasteiger charge is 2.27. The summed E-state index contributed by atoms with van der Waals surface area (Å²) in [7, 11) is 0. The quantitative estimate of drug-likeness (QED) is 0.776. The molecule has 0 bridgehead atoms. The second-order valence-corrected chi connectivity index (χ2v) is 6.43. The van der Waals surface area contributed by atoms with Crippen molar-refractivity contribution in [3.05, 3.63) is 27.7 Å². The molecule has 0 heterocycles. The SMILES string of the molecule is CC1CCCC(Nc2cc(Cl)ccc2Br)C1C. The van der Waals surface area contributed by atoms with Crippen LogP contribution in [-0.4, -0.2) is 6.04 Å². The molecule has 0 radical (unpaired) electrons. The van der Waals surface area contributed by atoms with Gasteiger partial charge in [0.2, 0.25) is 0 Å². The summed E-state index contributed by atoms with van der Waals surface area (Å²) in [6.45, 7) is 4.70. The fourth-order valence-corrected chi connectivity index (χ4v) is 3.13. The molecular weight excluding hydrogens is 298 g/mol. The molecule has 1 aliphatic rings. The first-order chi connectivity index (χ1) is 8.08. The van der Waals surface area contributed by atoms with E-state index in [-0.39, 0.29) is 0 Å². The maximum atomic E-state index is 6.04. The molecule has 0 aromatic heterocycles. The Bertz CT molecular complexity index is 394. The summed E-state index contributed by atoms with van der Waals surface area (Å²) in [5, 5.41) is 4.42. The first-order valence-corrected chi connectivity index (χ1v) is 7.46. The molecule has 17 heavy (non-hydrogen) atoms. The van der Waals surface area contributed by atoms with Crippen LogP contribution in [0.4, 0.5) is 5.69 Å². The molecule has 3 unspecified atom stereocenters. The molecule has 3 heteroatoms. The van der Waals surface area contributed by atoms with Gasteiger partial charge in [-0.1, -0.05) is 38.3 Å². The smallest absolute Gasteiger partial charge is 0.0501 e. The molecular formula is C14H19BrClN. The van der Waals surface area contributed by atoms with E-state index in [1.165, 1.54) is 19.3 Å². The van der Waals surface area contributed by atoms with Gasteiger partial charge in [-0.25, -0.2) is 0 Å². The van der Waals surface area contributed by atoms with Crippen molar-refractivity contribution in [1.29, 1.82) is 0 Å². The summed E-state index contributed by atoms with van der Waals surface area (Å²) in [5.74, 6) is 1.52. The highest BCUT2D eigenvalue weighted by Crippen LogP contribution is 2.34. The summed E-state index contributed by atoms with van der Waals surface area (Å²) in [5.41, 5.74) is 1.11. The van der Waals surface area contributed by atoms with Crippen LogP contribution >= 0.6 is 27.5 Å². The Hall–Kier alpha value is -0.210. The van der Waals surface area contributed by atoms with Crippen LogP contribution in [0, 0.1) is 11.8 Å². The van der Waals surface area contributed by atoms with E-state index in [0.717, 1.165) is 27.0 Å². The molecule has 1 aromatic carbocycles. The van der Waals surface area contributed by atoms with E-state index in [0.29, 0.717) is 6.04 Å². The van der Waals surface area contributed by atoms with Gasteiger partial charge in [-0.2, -0.15) is 0 Å². The zero-order valence-corrected chi connectivity index (χ0v) is 12.7. The Balaban J connectivity index is 2.11. The number of nitrogens with one attached hydrogen (secondary N) is 1. The summed E-state index contributed by atoms with van der Waals surface area (Å²) >= 11 is 9.61. The van der Waals surface area contributed by atoms with Crippen LogP contribution in [0.25, 0.3) is 0 Å². The van der Waals surface area contributed by atoms with Gasteiger partial charge in [0, 0.05) is 15.5 Å². The van der Waals surface area contributed by atoms with Crippen molar-refractivity contribution in [3.8, 4) is 0 Å².